The molecule has 0 bridgehead atoms. The molecule has 0 aliphatic heterocycles. The number of nitrogens with zero attached hydrogens (tertiary/aromatic N) is 3. The van der Waals surface area contributed by atoms with Crippen molar-refractivity contribution in [3.05, 3.63) is 41.4 Å². The van der Waals surface area contributed by atoms with E-state index in [1.807, 2.05) is 26.4 Å². The molecule has 0 saturated carbocycles. The van der Waals surface area contributed by atoms with Crippen LogP contribution in [0.1, 0.15) is 25.3 Å². The van der Waals surface area contributed by atoms with Crippen molar-refractivity contribution in [1.82, 2.24) is 9.99 Å². The van der Waals surface area contributed by atoms with Crippen molar-refractivity contribution in [3.8, 4) is 0 Å². The molecule has 3 nitrogen and oxygen atoms in total. The van der Waals surface area contributed by atoms with E-state index in [9.17, 15) is 0 Å². The number of hydrogen-bond acceptors (Lipinski definition) is 4. The quantitative estimate of drug-likeness (QED) is 0.779. The molecule has 0 aliphatic carbocycles. The summed E-state index contributed by atoms with van der Waals surface area (Å²) in [6.07, 6.45) is 1.85. The maximum Gasteiger partial charge on any atom is 0.151 e. The molecule has 2 rings (SSSR count). The van der Waals surface area contributed by atoms with Crippen molar-refractivity contribution >= 4 is 22.2 Å². The second kappa shape index (κ2) is 5.50. The Morgan fingerprint density at radius 1 is 1.17 bits per heavy atom. The third-order valence-corrected chi connectivity index (χ3v) is 3.60. The summed E-state index contributed by atoms with van der Waals surface area (Å²) in [6, 6.07) is 8.33. The van der Waals surface area contributed by atoms with Crippen molar-refractivity contribution in [3.63, 3.8) is 0 Å². The van der Waals surface area contributed by atoms with E-state index in [1.54, 1.807) is 11.3 Å². The summed E-state index contributed by atoms with van der Waals surface area (Å²) in [5, 5.41) is 7.49. The van der Waals surface area contributed by atoms with Crippen LogP contribution in [0.25, 0.3) is 0 Å². The fourth-order valence-electron chi connectivity index (χ4n) is 1.92. The van der Waals surface area contributed by atoms with Crippen LogP contribution in [0.4, 0.5) is 10.8 Å². The number of pyridine rings is 1. The van der Waals surface area contributed by atoms with E-state index in [-0.39, 0.29) is 0 Å². The van der Waals surface area contributed by atoms with Gasteiger partial charge < -0.3 is 0 Å². The Hall–Kier alpha value is -1.39. The lowest BCUT2D eigenvalue weighted by Gasteiger charge is -2.30. The highest BCUT2D eigenvalue weighted by atomic mass is 32.1. The van der Waals surface area contributed by atoms with Crippen LogP contribution in [0.15, 0.2) is 35.8 Å². The molecule has 0 aromatic carbocycles. The van der Waals surface area contributed by atoms with E-state index in [0.29, 0.717) is 5.92 Å². The molecule has 18 heavy (non-hydrogen) atoms. The van der Waals surface area contributed by atoms with Crippen LogP contribution in [0, 0.1) is 0 Å². The lowest BCUT2D eigenvalue weighted by Crippen LogP contribution is -2.33. The molecule has 0 spiro atoms. The Morgan fingerprint density at radius 3 is 2.50 bits per heavy atom. The van der Waals surface area contributed by atoms with Crippen LogP contribution in [-0.2, 0) is 0 Å². The van der Waals surface area contributed by atoms with Crippen LogP contribution in [0.5, 0.6) is 0 Å². The molecule has 0 unspecified atom stereocenters. The van der Waals surface area contributed by atoms with Crippen molar-refractivity contribution in [2.24, 2.45) is 0 Å². The highest BCUT2D eigenvalue weighted by Crippen LogP contribution is 2.33. The van der Waals surface area contributed by atoms with Gasteiger partial charge in [-0.3, -0.25) is 0 Å². The van der Waals surface area contributed by atoms with E-state index >= 15 is 0 Å². The molecule has 96 valence electrons. The van der Waals surface area contributed by atoms with Crippen molar-refractivity contribution < 1.29 is 0 Å². The summed E-state index contributed by atoms with van der Waals surface area (Å²) in [4.78, 5) is 4.57. The fourth-order valence-corrected chi connectivity index (χ4v) is 2.72. The van der Waals surface area contributed by atoms with Crippen LogP contribution in [0.3, 0.4) is 0 Å². The van der Waals surface area contributed by atoms with Gasteiger partial charge in [0.2, 0.25) is 0 Å². The third kappa shape index (κ3) is 2.54. The molecule has 2 heterocycles. The van der Waals surface area contributed by atoms with E-state index in [2.05, 4.69) is 52.4 Å². The summed E-state index contributed by atoms with van der Waals surface area (Å²) < 4.78 is 0. The maximum atomic E-state index is 4.57. The summed E-state index contributed by atoms with van der Waals surface area (Å²) in [6.45, 7) is 4.39. The van der Waals surface area contributed by atoms with Crippen LogP contribution < -0.4 is 5.01 Å². The molecule has 0 saturated heterocycles. The number of aromatic nitrogens is 1. The SMILES string of the molecule is CC(C)c1cccnc1N(c1cccs1)N(C)C. The van der Waals surface area contributed by atoms with E-state index in [1.165, 1.54) is 10.6 Å². The summed E-state index contributed by atoms with van der Waals surface area (Å²) >= 11 is 1.72. The number of hydrazine groups is 1. The minimum Gasteiger partial charge on any atom is -0.247 e. The topological polar surface area (TPSA) is 19.4 Å². The number of anilines is 2. The van der Waals surface area contributed by atoms with E-state index < -0.39 is 0 Å². The first-order valence-corrected chi connectivity index (χ1v) is 6.95. The Balaban J connectivity index is 2.50. The highest BCUT2D eigenvalue weighted by Gasteiger charge is 2.18. The first kappa shape index (κ1) is 13.1. The molecule has 2 aromatic heterocycles. The number of thiophene rings is 1. The Morgan fingerprint density at radius 2 is 1.94 bits per heavy atom. The van der Waals surface area contributed by atoms with Gasteiger partial charge in [-0.15, -0.1) is 11.3 Å². The molecule has 0 amide bonds. The normalized spacial score (nSPS) is 11.2. The van der Waals surface area contributed by atoms with Gasteiger partial charge in [-0.2, -0.15) is 0 Å². The zero-order chi connectivity index (χ0) is 13.1. The minimum absolute atomic E-state index is 0.455. The van der Waals surface area contributed by atoms with Gasteiger partial charge in [0.15, 0.2) is 5.82 Å². The fraction of sp³-hybridized carbons (Fsp3) is 0.357. The predicted molar refractivity (Wildman–Crippen MR) is 78.5 cm³/mol. The van der Waals surface area contributed by atoms with Gasteiger partial charge in [0.05, 0.1) is 0 Å². The van der Waals surface area contributed by atoms with Crippen molar-refractivity contribution in [2.75, 3.05) is 19.1 Å². The molecule has 4 heteroatoms. The number of hydrogen-bond donors (Lipinski definition) is 0. The summed E-state index contributed by atoms with van der Waals surface area (Å²) in [5.41, 5.74) is 1.26. The molecule has 0 fully saturated rings. The lowest BCUT2D eigenvalue weighted by molar-refractivity contribution is 0.415. The van der Waals surface area contributed by atoms with E-state index in [0.717, 1.165) is 5.82 Å². The van der Waals surface area contributed by atoms with Gasteiger partial charge in [0.1, 0.15) is 5.00 Å². The third-order valence-electron chi connectivity index (χ3n) is 2.75. The monoisotopic (exact) mass is 261 g/mol. The Kier molecular flexibility index (Phi) is 3.99. The van der Waals surface area contributed by atoms with Gasteiger partial charge in [-0.1, -0.05) is 19.9 Å². The predicted octanol–water partition coefficient (Wildman–Crippen LogP) is 3.88. The maximum absolute atomic E-state index is 4.57. The average Bonchev–Trinajstić information content (AvgIpc) is 2.83. The van der Waals surface area contributed by atoms with Gasteiger partial charge in [0.25, 0.3) is 0 Å². The average molecular weight is 261 g/mol. The molecule has 0 aliphatic rings. The van der Waals surface area contributed by atoms with Crippen LogP contribution in [0.2, 0.25) is 0 Å². The summed E-state index contributed by atoms with van der Waals surface area (Å²) in [5.74, 6) is 1.47. The molecule has 0 N–H and O–H groups in total. The second-order valence-corrected chi connectivity index (χ2v) is 5.61. The minimum atomic E-state index is 0.455. The second-order valence-electron chi connectivity index (χ2n) is 4.68. The lowest BCUT2D eigenvalue weighted by atomic mass is 10.0. The van der Waals surface area contributed by atoms with Gasteiger partial charge in [0, 0.05) is 20.3 Å². The van der Waals surface area contributed by atoms with Gasteiger partial charge >= 0.3 is 0 Å². The number of rotatable bonds is 4. The van der Waals surface area contributed by atoms with Gasteiger partial charge in [-0.25, -0.2) is 15.0 Å². The molecule has 0 radical (unpaired) electrons. The Bertz CT molecular complexity index is 492. The molecule has 2 aromatic rings. The van der Waals surface area contributed by atoms with Crippen molar-refractivity contribution in [2.45, 2.75) is 19.8 Å². The first-order chi connectivity index (χ1) is 8.61. The van der Waals surface area contributed by atoms with E-state index in [4.69, 9.17) is 0 Å². The van der Waals surface area contributed by atoms with Crippen LogP contribution in [-0.4, -0.2) is 24.1 Å². The van der Waals surface area contributed by atoms with Crippen LogP contribution >= 0.6 is 11.3 Å². The summed E-state index contributed by atoms with van der Waals surface area (Å²) in [7, 11) is 4.08. The first-order valence-electron chi connectivity index (χ1n) is 6.07. The molecular formula is C14H19N3S. The van der Waals surface area contributed by atoms with Gasteiger partial charge in [-0.05, 0) is 35.1 Å². The smallest absolute Gasteiger partial charge is 0.151 e. The Labute approximate surface area is 113 Å². The zero-order valence-electron chi connectivity index (χ0n) is 11.3. The van der Waals surface area contributed by atoms with Crippen molar-refractivity contribution in [1.29, 1.82) is 0 Å². The molecule has 0 atom stereocenters. The molecular weight excluding hydrogens is 242 g/mol. The largest absolute Gasteiger partial charge is 0.247 e. The highest BCUT2D eigenvalue weighted by molar-refractivity contribution is 7.14. The standard InChI is InChI=1S/C14H19N3S/c1-11(2)12-7-5-9-15-14(12)17(16(3)4)13-8-6-10-18-13/h5-11H,1-4H3. The zero-order valence-corrected chi connectivity index (χ0v) is 12.1.